The lowest BCUT2D eigenvalue weighted by molar-refractivity contribution is 0.281. The van der Waals surface area contributed by atoms with Crippen LogP contribution in [0.3, 0.4) is 0 Å². The molecule has 0 bridgehead atoms. The van der Waals surface area contributed by atoms with Gasteiger partial charge in [-0.3, -0.25) is 0 Å². The summed E-state index contributed by atoms with van der Waals surface area (Å²) < 4.78 is 0. The summed E-state index contributed by atoms with van der Waals surface area (Å²) >= 11 is 0. The summed E-state index contributed by atoms with van der Waals surface area (Å²) in [6.45, 7) is 0.176. The Balaban J connectivity index is 1.93. The minimum Gasteiger partial charge on any atom is -0.392 e. The van der Waals surface area contributed by atoms with E-state index in [-0.39, 0.29) is 13.2 Å². The molecule has 18 heavy (non-hydrogen) atoms. The Hall–Kier alpha value is -1.64. The molecule has 0 spiro atoms. The van der Waals surface area contributed by atoms with Gasteiger partial charge < -0.3 is 10.2 Å². The molecular formula is C16H17O2. The SMILES string of the molecule is OCc1ccc([CH]Cc2ccc(CO)cc2)cc1. The molecule has 0 amide bonds. The van der Waals surface area contributed by atoms with Crippen LogP contribution in [0.15, 0.2) is 48.5 Å². The van der Waals surface area contributed by atoms with Gasteiger partial charge in [0.05, 0.1) is 13.2 Å². The third-order valence-electron chi connectivity index (χ3n) is 2.94. The number of aliphatic hydroxyl groups is 2. The molecule has 93 valence electrons. The molecule has 0 heterocycles. The Morgan fingerprint density at radius 2 is 1.11 bits per heavy atom. The number of benzene rings is 2. The predicted molar refractivity (Wildman–Crippen MR) is 71.8 cm³/mol. The second-order valence-electron chi connectivity index (χ2n) is 4.28. The lowest BCUT2D eigenvalue weighted by Gasteiger charge is -2.04. The Morgan fingerprint density at radius 3 is 1.61 bits per heavy atom. The summed E-state index contributed by atoms with van der Waals surface area (Å²) in [7, 11) is 0. The number of hydrogen-bond donors (Lipinski definition) is 2. The Morgan fingerprint density at radius 1 is 0.667 bits per heavy atom. The van der Waals surface area contributed by atoms with Gasteiger partial charge in [-0.25, -0.2) is 0 Å². The fourth-order valence-corrected chi connectivity index (χ4v) is 1.78. The number of rotatable bonds is 5. The first-order valence-corrected chi connectivity index (χ1v) is 6.03. The van der Waals surface area contributed by atoms with Gasteiger partial charge in [0, 0.05) is 0 Å². The molecular weight excluding hydrogens is 224 g/mol. The van der Waals surface area contributed by atoms with Gasteiger partial charge in [0.1, 0.15) is 0 Å². The summed E-state index contributed by atoms with van der Waals surface area (Å²) in [5.41, 5.74) is 4.24. The molecule has 0 aromatic heterocycles. The molecule has 0 atom stereocenters. The maximum absolute atomic E-state index is 8.96. The lowest BCUT2D eigenvalue weighted by Crippen LogP contribution is -1.91. The van der Waals surface area contributed by atoms with Crippen molar-refractivity contribution in [1.29, 1.82) is 0 Å². The van der Waals surface area contributed by atoms with Crippen LogP contribution in [0.1, 0.15) is 22.3 Å². The zero-order chi connectivity index (χ0) is 12.8. The molecule has 0 saturated heterocycles. The molecule has 2 rings (SSSR count). The van der Waals surface area contributed by atoms with Crippen molar-refractivity contribution in [3.8, 4) is 0 Å². The van der Waals surface area contributed by atoms with Gasteiger partial charge in [-0.15, -0.1) is 0 Å². The van der Waals surface area contributed by atoms with Crippen LogP contribution in [0.2, 0.25) is 0 Å². The van der Waals surface area contributed by atoms with Gasteiger partial charge >= 0.3 is 0 Å². The average molecular weight is 241 g/mol. The smallest absolute Gasteiger partial charge is 0.0681 e. The van der Waals surface area contributed by atoms with Crippen LogP contribution in [0.5, 0.6) is 0 Å². The molecule has 0 fully saturated rings. The van der Waals surface area contributed by atoms with Gasteiger partial charge in [-0.2, -0.15) is 0 Å². The predicted octanol–water partition coefficient (Wildman–Crippen LogP) is 2.47. The minimum atomic E-state index is 0.0862. The molecule has 1 radical (unpaired) electrons. The first-order valence-electron chi connectivity index (χ1n) is 6.03. The second kappa shape index (κ2) is 6.34. The van der Waals surface area contributed by atoms with Crippen molar-refractivity contribution < 1.29 is 10.2 Å². The largest absolute Gasteiger partial charge is 0.392 e. The molecule has 2 aromatic rings. The lowest BCUT2D eigenvalue weighted by atomic mass is 10.0. The van der Waals surface area contributed by atoms with Crippen LogP contribution in [-0.2, 0) is 19.6 Å². The standard InChI is InChI=1S/C16H17O2/c17-11-15-7-3-13(4-8-15)1-2-14-5-9-16(12-18)10-6-14/h1,3-10,17-18H,2,11-12H2. The highest BCUT2D eigenvalue weighted by atomic mass is 16.3. The van der Waals surface area contributed by atoms with Crippen molar-refractivity contribution in [3.05, 3.63) is 77.2 Å². The van der Waals surface area contributed by atoms with Gasteiger partial charge in [0.25, 0.3) is 0 Å². The number of hydrogen-bond acceptors (Lipinski definition) is 2. The monoisotopic (exact) mass is 241 g/mol. The van der Waals surface area contributed by atoms with E-state index in [1.165, 1.54) is 5.56 Å². The second-order valence-corrected chi connectivity index (χ2v) is 4.28. The van der Waals surface area contributed by atoms with Crippen molar-refractivity contribution in [1.82, 2.24) is 0 Å². The third kappa shape index (κ3) is 3.42. The minimum absolute atomic E-state index is 0.0862. The molecule has 0 aliphatic rings. The van der Waals surface area contributed by atoms with Crippen LogP contribution in [0.4, 0.5) is 0 Å². The Kier molecular flexibility index (Phi) is 4.51. The van der Waals surface area contributed by atoms with E-state index in [0.717, 1.165) is 23.1 Å². The van der Waals surface area contributed by atoms with E-state index < -0.39 is 0 Å². The summed E-state index contributed by atoms with van der Waals surface area (Å²) in [5, 5.41) is 17.9. The highest BCUT2D eigenvalue weighted by Gasteiger charge is 1.98. The van der Waals surface area contributed by atoms with Crippen LogP contribution in [-0.4, -0.2) is 10.2 Å². The topological polar surface area (TPSA) is 40.5 Å². The summed E-state index contributed by atoms with van der Waals surface area (Å²) in [4.78, 5) is 0. The summed E-state index contributed by atoms with van der Waals surface area (Å²) in [5.74, 6) is 0. The van der Waals surface area contributed by atoms with Crippen LogP contribution in [0, 0.1) is 6.42 Å². The van der Waals surface area contributed by atoms with Crippen LogP contribution < -0.4 is 0 Å². The first kappa shape index (κ1) is 12.8. The molecule has 2 heteroatoms. The van der Waals surface area contributed by atoms with Gasteiger partial charge in [-0.05, 0) is 35.1 Å². The quantitative estimate of drug-likeness (QED) is 0.844. The average Bonchev–Trinajstić information content (AvgIpc) is 2.46. The van der Waals surface area contributed by atoms with E-state index in [2.05, 4.69) is 6.42 Å². The third-order valence-corrected chi connectivity index (χ3v) is 2.94. The van der Waals surface area contributed by atoms with Gasteiger partial charge in [0.2, 0.25) is 0 Å². The molecule has 0 unspecified atom stereocenters. The van der Waals surface area contributed by atoms with Crippen molar-refractivity contribution >= 4 is 0 Å². The zero-order valence-corrected chi connectivity index (χ0v) is 10.2. The fraction of sp³-hybridized carbons (Fsp3) is 0.188. The van der Waals surface area contributed by atoms with E-state index >= 15 is 0 Å². The van der Waals surface area contributed by atoms with E-state index in [9.17, 15) is 0 Å². The Labute approximate surface area is 108 Å². The molecule has 0 saturated carbocycles. The van der Waals surface area contributed by atoms with Crippen molar-refractivity contribution in [2.24, 2.45) is 0 Å². The maximum atomic E-state index is 8.96. The maximum Gasteiger partial charge on any atom is 0.0681 e. The van der Waals surface area contributed by atoms with E-state index in [4.69, 9.17) is 10.2 Å². The highest BCUT2D eigenvalue weighted by molar-refractivity contribution is 5.31. The van der Waals surface area contributed by atoms with Gasteiger partial charge in [0.15, 0.2) is 0 Å². The summed E-state index contributed by atoms with van der Waals surface area (Å²) in [6.07, 6.45) is 3.01. The van der Waals surface area contributed by atoms with Crippen molar-refractivity contribution in [2.75, 3.05) is 0 Å². The van der Waals surface area contributed by atoms with Crippen molar-refractivity contribution in [2.45, 2.75) is 19.6 Å². The van der Waals surface area contributed by atoms with E-state index in [1.54, 1.807) is 0 Å². The van der Waals surface area contributed by atoms with Crippen molar-refractivity contribution in [3.63, 3.8) is 0 Å². The zero-order valence-electron chi connectivity index (χ0n) is 10.2. The molecule has 2 aromatic carbocycles. The van der Waals surface area contributed by atoms with E-state index in [1.807, 2.05) is 48.5 Å². The van der Waals surface area contributed by atoms with E-state index in [0.29, 0.717) is 0 Å². The Bertz CT molecular complexity index is 424. The van der Waals surface area contributed by atoms with Crippen LogP contribution >= 0.6 is 0 Å². The number of aliphatic hydroxyl groups excluding tert-OH is 2. The molecule has 2 nitrogen and oxygen atoms in total. The molecule has 2 N–H and O–H groups in total. The first-order chi connectivity index (χ1) is 8.81. The summed E-state index contributed by atoms with van der Waals surface area (Å²) in [6, 6.07) is 15.8. The van der Waals surface area contributed by atoms with Gasteiger partial charge in [-0.1, -0.05) is 48.5 Å². The molecule has 0 aliphatic carbocycles. The molecule has 0 aliphatic heterocycles. The normalized spacial score (nSPS) is 10.6. The highest BCUT2D eigenvalue weighted by Crippen LogP contribution is 2.12. The fourth-order valence-electron chi connectivity index (χ4n) is 1.78. The van der Waals surface area contributed by atoms with Crippen LogP contribution in [0.25, 0.3) is 0 Å².